The molecule has 3 nitrogen and oxygen atoms in total. The second-order valence-electron chi connectivity index (χ2n) is 6.09. The summed E-state index contributed by atoms with van der Waals surface area (Å²) in [5, 5.41) is 12.6. The van der Waals surface area contributed by atoms with Crippen molar-refractivity contribution >= 4 is 17.5 Å². The third kappa shape index (κ3) is 5.93. The predicted octanol–water partition coefficient (Wildman–Crippen LogP) is 3.04. The fraction of sp³-hybridized carbons (Fsp3) is 0.562. The highest BCUT2D eigenvalue weighted by atomic mass is 35.5. The maximum absolute atomic E-state index is 12.1. The van der Waals surface area contributed by atoms with E-state index in [4.69, 9.17) is 16.7 Å². The van der Waals surface area contributed by atoms with Gasteiger partial charge in [0.2, 0.25) is 5.91 Å². The lowest BCUT2D eigenvalue weighted by Gasteiger charge is -2.25. The molecule has 1 rings (SSSR count). The molecule has 0 heterocycles. The van der Waals surface area contributed by atoms with E-state index in [1.165, 1.54) is 0 Å². The second-order valence-corrected chi connectivity index (χ2v) is 6.52. The van der Waals surface area contributed by atoms with Crippen LogP contribution in [0.5, 0.6) is 0 Å². The van der Waals surface area contributed by atoms with Gasteiger partial charge >= 0.3 is 0 Å². The Balaban J connectivity index is 2.45. The molecule has 0 saturated carbocycles. The van der Waals surface area contributed by atoms with Crippen LogP contribution < -0.4 is 5.32 Å². The fourth-order valence-corrected chi connectivity index (χ4v) is 2.08. The maximum Gasteiger partial charge on any atom is 0.223 e. The zero-order valence-electron chi connectivity index (χ0n) is 12.4. The molecule has 0 aromatic heterocycles. The van der Waals surface area contributed by atoms with E-state index in [2.05, 4.69) is 5.32 Å². The van der Waals surface area contributed by atoms with Gasteiger partial charge in [0.25, 0.3) is 0 Å². The van der Waals surface area contributed by atoms with Crippen LogP contribution in [0.15, 0.2) is 24.3 Å². The average Bonchev–Trinajstić information content (AvgIpc) is 2.38. The lowest BCUT2D eigenvalue weighted by molar-refractivity contribution is -0.125. The van der Waals surface area contributed by atoms with Crippen molar-refractivity contribution in [1.82, 2.24) is 5.32 Å². The van der Waals surface area contributed by atoms with Crippen molar-refractivity contribution in [3.8, 4) is 0 Å². The van der Waals surface area contributed by atoms with Crippen molar-refractivity contribution in [2.45, 2.75) is 33.6 Å². The fourth-order valence-electron chi connectivity index (χ4n) is 1.96. The summed E-state index contributed by atoms with van der Waals surface area (Å²) in [4.78, 5) is 12.1. The van der Waals surface area contributed by atoms with E-state index in [-0.39, 0.29) is 23.8 Å². The lowest BCUT2D eigenvalue weighted by Crippen LogP contribution is -2.37. The number of aliphatic hydroxyl groups excluding tert-OH is 1. The summed E-state index contributed by atoms with van der Waals surface area (Å²) in [6, 6.07) is 7.57. The molecule has 1 atom stereocenters. The summed E-state index contributed by atoms with van der Waals surface area (Å²) in [6.45, 7) is 6.71. The number of halogens is 1. The number of carbonyl (C=O) groups excluding carboxylic acids is 1. The summed E-state index contributed by atoms with van der Waals surface area (Å²) in [7, 11) is 0. The zero-order chi connectivity index (χ0) is 15.2. The lowest BCUT2D eigenvalue weighted by atomic mass is 9.89. The number of nitrogens with one attached hydrogen (secondary N) is 1. The van der Waals surface area contributed by atoms with E-state index in [1.54, 1.807) is 0 Å². The van der Waals surface area contributed by atoms with Gasteiger partial charge in [0.1, 0.15) is 0 Å². The van der Waals surface area contributed by atoms with E-state index in [0.29, 0.717) is 24.4 Å². The second kappa shape index (κ2) is 7.65. The molecule has 0 spiro atoms. The van der Waals surface area contributed by atoms with Gasteiger partial charge in [0.15, 0.2) is 0 Å². The smallest absolute Gasteiger partial charge is 0.223 e. The SMILES string of the molecule is CC(Cc1ccc(Cl)cc1)C(=O)NCC(C)(C)CCO. The van der Waals surface area contributed by atoms with E-state index in [0.717, 1.165) is 5.56 Å². The first-order valence-electron chi connectivity index (χ1n) is 6.97. The normalized spacial score (nSPS) is 13.1. The standard InChI is InChI=1S/C16H24ClNO2/c1-12(10-13-4-6-14(17)7-5-13)15(20)18-11-16(2,3)8-9-19/h4-7,12,19H,8-11H2,1-3H3,(H,18,20). The molecule has 0 aliphatic carbocycles. The van der Waals surface area contributed by atoms with Crippen LogP contribution in [0.2, 0.25) is 5.02 Å². The highest BCUT2D eigenvalue weighted by Gasteiger charge is 2.20. The maximum atomic E-state index is 12.1. The molecule has 4 heteroatoms. The summed E-state index contributed by atoms with van der Waals surface area (Å²) in [5.74, 6) is -0.0351. The molecule has 0 bridgehead atoms. The average molecular weight is 298 g/mol. The van der Waals surface area contributed by atoms with E-state index in [1.807, 2.05) is 45.0 Å². The van der Waals surface area contributed by atoms with Crippen molar-refractivity contribution in [2.24, 2.45) is 11.3 Å². The molecule has 0 radical (unpaired) electrons. The first-order valence-corrected chi connectivity index (χ1v) is 7.35. The molecular weight excluding hydrogens is 274 g/mol. The predicted molar refractivity (Wildman–Crippen MR) is 82.8 cm³/mol. The summed E-state index contributed by atoms with van der Waals surface area (Å²) in [5.41, 5.74) is 1.02. The molecule has 2 N–H and O–H groups in total. The van der Waals surface area contributed by atoms with E-state index >= 15 is 0 Å². The van der Waals surface area contributed by atoms with Crippen LogP contribution in [0.25, 0.3) is 0 Å². The third-order valence-electron chi connectivity index (χ3n) is 3.43. The Hall–Kier alpha value is -1.06. The van der Waals surface area contributed by atoms with Crippen LogP contribution in [0.3, 0.4) is 0 Å². The molecule has 0 aliphatic rings. The van der Waals surface area contributed by atoms with Crippen molar-refractivity contribution in [3.05, 3.63) is 34.9 Å². The largest absolute Gasteiger partial charge is 0.396 e. The van der Waals surface area contributed by atoms with E-state index in [9.17, 15) is 4.79 Å². The molecular formula is C16H24ClNO2. The quantitative estimate of drug-likeness (QED) is 0.813. The first-order chi connectivity index (χ1) is 9.34. The minimum Gasteiger partial charge on any atom is -0.396 e. The number of benzene rings is 1. The number of hydrogen-bond acceptors (Lipinski definition) is 2. The first kappa shape index (κ1) is 17.0. The molecule has 0 saturated heterocycles. The number of carbonyl (C=O) groups is 1. The Kier molecular flexibility index (Phi) is 6.50. The molecule has 0 fully saturated rings. The van der Waals surface area contributed by atoms with E-state index < -0.39 is 0 Å². The number of aliphatic hydroxyl groups is 1. The van der Waals surface area contributed by atoms with Crippen molar-refractivity contribution in [1.29, 1.82) is 0 Å². The van der Waals surface area contributed by atoms with Crippen LogP contribution in [-0.2, 0) is 11.2 Å². The molecule has 1 aromatic carbocycles. The van der Waals surface area contributed by atoms with Crippen LogP contribution in [0.4, 0.5) is 0 Å². The number of hydrogen-bond donors (Lipinski definition) is 2. The van der Waals surface area contributed by atoms with Gasteiger partial charge < -0.3 is 10.4 Å². The minimum atomic E-state index is -0.0823. The van der Waals surface area contributed by atoms with Gasteiger partial charge in [0.05, 0.1) is 0 Å². The summed E-state index contributed by atoms with van der Waals surface area (Å²) < 4.78 is 0. The topological polar surface area (TPSA) is 49.3 Å². The van der Waals surface area contributed by atoms with Crippen molar-refractivity contribution in [3.63, 3.8) is 0 Å². The van der Waals surface area contributed by atoms with Gasteiger partial charge in [-0.15, -0.1) is 0 Å². The van der Waals surface area contributed by atoms with Crippen LogP contribution in [-0.4, -0.2) is 24.2 Å². The molecule has 112 valence electrons. The summed E-state index contributed by atoms with van der Waals surface area (Å²) in [6.07, 6.45) is 1.38. The Morgan fingerprint density at radius 1 is 1.35 bits per heavy atom. The Bertz CT molecular complexity index is 429. The summed E-state index contributed by atoms with van der Waals surface area (Å²) >= 11 is 5.84. The van der Waals surface area contributed by atoms with Crippen LogP contribution in [0, 0.1) is 11.3 Å². The van der Waals surface area contributed by atoms with Gasteiger partial charge in [-0.25, -0.2) is 0 Å². The Labute approximate surface area is 126 Å². The van der Waals surface area contributed by atoms with Crippen molar-refractivity contribution < 1.29 is 9.90 Å². The highest BCUT2D eigenvalue weighted by molar-refractivity contribution is 6.30. The number of rotatable bonds is 7. The molecule has 0 aliphatic heterocycles. The van der Waals surface area contributed by atoms with Gasteiger partial charge in [-0.3, -0.25) is 4.79 Å². The monoisotopic (exact) mass is 297 g/mol. The number of amides is 1. The van der Waals surface area contributed by atoms with Crippen LogP contribution in [0.1, 0.15) is 32.8 Å². The minimum absolute atomic E-state index is 0.0472. The van der Waals surface area contributed by atoms with Crippen molar-refractivity contribution in [2.75, 3.05) is 13.2 Å². The van der Waals surface area contributed by atoms with Gasteiger partial charge in [-0.1, -0.05) is 44.5 Å². The zero-order valence-corrected chi connectivity index (χ0v) is 13.2. The Morgan fingerprint density at radius 2 is 1.95 bits per heavy atom. The Morgan fingerprint density at radius 3 is 2.50 bits per heavy atom. The molecule has 1 aromatic rings. The molecule has 1 unspecified atom stereocenters. The molecule has 20 heavy (non-hydrogen) atoms. The molecule has 1 amide bonds. The van der Waals surface area contributed by atoms with Gasteiger partial charge in [-0.05, 0) is 36.0 Å². The third-order valence-corrected chi connectivity index (χ3v) is 3.68. The van der Waals surface area contributed by atoms with Crippen LogP contribution >= 0.6 is 11.6 Å². The highest BCUT2D eigenvalue weighted by Crippen LogP contribution is 2.18. The van der Waals surface area contributed by atoms with Gasteiger partial charge in [-0.2, -0.15) is 0 Å². The van der Waals surface area contributed by atoms with Gasteiger partial charge in [0, 0.05) is 24.1 Å².